The summed E-state index contributed by atoms with van der Waals surface area (Å²) in [5.41, 5.74) is -1.93. The maximum absolute atomic E-state index is 11.0. The summed E-state index contributed by atoms with van der Waals surface area (Å²) < 4.78 is 5.76. The van der Waals surface area contributed by atoms with Gasteiger partial charge in [0.05, 0.1) is 18.8 Å². The van der Waals surface area contributed by atoms with E-state index in [0.717, 1.165) is 0 Å². The SMILES string of the molecule is CCC(O)(O)CCOC(CCC(O)(O)CC)(CCC(O)(O)CC)[C@@H](O)[C@@H](O)[C@H](O)[C@H](O)CO. The van der Waals surface area contributed by atoms with Gasteiger partial charge in [-0.2, -0.15) is 0 Å². The Balaban J connectivity index is 6.13. The van der Waals surface area contributed by atoms with Gasteiger partial charge in [0.2, 0.25) is 0 Å². The summed E-state index contributed by atoms with van der Waals surface area (Å²) in [7, 11) is 0. The second-order valence-electron chi connectivity index (χ2n) is 8.85. The monoisotopic (exact) mass is 488 g/mol. The Hall–Kier alpha value is -0.480. The van der Waals surface area contributed by atoms with Gasteiger partial charge in [-0.3, -0.25) is 0 Å². The number of hydrogen-bond acceptors (Lipinski definition) is 12. The minimum atomic E-state index is -2.19. The first-order valence-electron chi connectivity index (χ1n) is 11.3. The highest BCUT2D eigenvalue weighted by Crippen LogP contribution is 2.36. The first-order valence-corrected chi connectivity index (χ1v) is 11.3. The number of rotatable bonds is 18. The van der Waals surface area contributed by atoms with Crippen LogP contribution >= 0.6 is 0 Å². The van der Waals surface area contributed by atoms with Gasteiger partial charge in [-0.1, -0.05) is 20.8 Å². The number of hydrogen-bond donors (Lipinski definition) is 11. The predicted molar refractivity (Wildman–Crippen MR) is 115 cm³/mol. The molecule has 0 heterocycles. The number of ether oxygens (including phenoxy) is 1. The molecule has 0 bridgehead atoms. The lowest BCUT2D eigenvalue weighted by molar-refractivity contribution is -0.239. The van der Waals surface area contributed by atoms with Crippen LogP contribution in [0, 0.1) is 0 Å². The fourth-order valence-corrected chi connectivity index (χ4v) is 3.26. The fraction of sp³-hybridized carbons (Fsp3) is 1.00. The van der Waals surface area contributed by atoms with Crippen molar-refractivity contribution in [2.45, 2.75) is 120 Å². The van der Waals surface area contributed by atoms with E-state index >= 15 is 0 Å². The van der Waals surface area contributed by atoms with Crippen molar-refractivity contribution in [3.8, 4) is 0 Å². The van der Waals surface area contributed by atoms with Gasteiger partial charge in [-0.05, 0) is 32.1 Å². The fourth-order valence-electron chi connectivity index (χ4n) is 3.26. The van der Waals surface area contributed by atoms with E-state index in [1.54, 1.807) is 0 Å². The molecule has 0 unspecified atom stereocenters. The summed E-state index contributed by atoms with van der Waals surface area (Å²) >= 11 is 0. The van der Waals surface area contributed by atoms with Crippen LogP contribution in [-0.4, -0.2) is 117 Å². The standard InChI is InChI=1S/C21H44O12/c1-4-19(27,28)9-7-18(8-10-20(29,30)5-2,33-12-11-21(31,32)6-3)17(26)16(25)15(24)14(23)13-22/h14-17,22-32H,4-13H2,1-3H3/t14-,15-,16+,17+/m1/s1. The molecule has 0 saturated carbocycles. The van der Waals surface area contributed by atoms with E-state index in [0.29, 0.717) is 0 Å². The van der Waals surface area contributed by atoms with E-state index in [4.69, 9.17) is 9.84 Å². The maximum atomic E-state index is 11.0. The Morgan fingerprint density at radius 1 is 0.606 bits per heavy atom. The summed E-state index contributed by atoms with van der Waals surface area (Å²) in [4.78, 5) is 0. The summed E-state index contributed by atoms with van der Waals surface area (Å²) in [6, 6.07) is 0. The largest absolute Gasteiger partial charge is 0.394 e. The molecule has 0 aromatic carbocycles. The molecule has 0 aliphatic rings. The molecule has 0 amide bonds. The van der Waals surface area contributed by atoms with Crippen LogP contribution in [-0.2, 0) is 4.74 Å². The quantitative estimate of drug-likeness (QED) is 0.0892. The zero-order valence-electron chi connectivity index (χ0n) is 19.7. The molecule has 0 radical (unpaired) electrons. The lowest BCUT2D eigenvalue weighted by Crippen LogP contribution is -2.58. The highest BCUT2D eigenvalue weighted by molar-refractivity contribution is 4.98. The van der Waals surface area contributed by atoms with Crippen molar-refractivity contribution in [1.29, 1.82) is 0 Å². The van der Waals surface area contributed by atoms with Crippen LogP contribution in [0.1, 0.15) is 72.1 Å². The Morgan fingerprint density at radius 2 is 1.00 bits per heavy atom. The molecular formula is C21H44O12. The molecule has 0 aliphatic heterocycles. The third kappa shape index (κ3) is 10.8. The topological polar surface area (TPSA) is 232 Å². The first-order chi connectivity index (χ1) is 15.0. The number of aliphatic hydroxyl groups is 11. The summed E-state index contributed by atoms with van der Waals surface area (Å²) in [6.07, 6.45) is -10.00. The molecule has 0 aromatic rings. The van der Waals surface area contributed by atoms with Crippen LogP contribution in [0.3, 0.4) is 0 Å². The highest BCUT2D eigenvalue weighted by atomic mass is 16.5. The minimum absolute atomic E-state index is 0.0472. The van der Waals surface area contributed by atoms with Gasteiger partial charge >= 0.3 is 0 Å². The molecule has 0 aliphatic carbocycles. The zero-order valence-corrected chi connectivity index (χ0v) is 19.7. The maximum Gasteiger partial charge on any atom is 0.164 e. The molecule has 0 rings (SSSR count). The Bertz CT molecular complexity index is 519. The third-order valence-electron chi connectivity index (χ3n) is 6.28. The van der Waals surface area contributed by atoms with Crippen molar-refractivity contribution in [3.63, 3.8) is 0 Å². The first kappa shape index (κ1) is 32.5. The van der Waals surface area contributed by atoms with Gasteiger partial charge in [-0.15, -0.1) is 0 Å². The molecule has 200 valence electrons. The van der Waals surface area contributed by atoms with Gasteiger partial charge in [0.1, 0.15) is 24.4 Å². The summed E-state index contributed by atoms with van der Waals surface area (Å²) in [5, 5.41) is 110. The second-order valence-corrected chi connectivity index (χ2v) is 8.85. The van der Waals surface area contributed by atoms with Crippen LogP contribution in [0.5, 0.6) is 0 Å². The Labute approximate surface area is 194 Å². The predicted octanol–water partition coefficient (Wildman–Crippen LogP) is -2.60. The molecule has 0 spiro atoms. The molecule has 0 aromatic heterocycles. The third-order valence-corrected chi connectivity index (χ3v) is 6.28. The van der Waals surface area contributed by atoms with E-state index in [1.807, 2.05) is 0 Å². The average Bonchev–Trinajstić information content (AvgIpc) is 2.78. The van der Waals surface area contributed by atoms with Crippen LogP contribution in [0.4, 0.5) is 0 Å². The minimum Gasteiger partial charge on any atom is -0.394 e. The van der Waals surface area contributed by atoms with Crippen molar-refractivity contribution >= 4 is 0 Å². The van der Waals surface area contributed by atoms with E-state index < -0.39 is 60.6 Å². The van der Waals surface area contributed by atoms with Crippen molar-refractivity contribution in [1.82, 2.24) is 0 Å². The molecule has 11 N–H and O–H groups in total. The van der Waals surface area contributed by atoms with Gasteiger partial charge in [-0.25, -0.2) is 0 Å². The second kappa shape index (κ2) is 13.6. The smallest absolute Gasteiger partial charge is 0.164 e. The van der Waals surface area contributed by atoms with E-state index in [2.05, 4.69) is 0 Å². The van der Waals surface area contributed by atoms with E-state index in [1.165, 1.54) is 20.8 Å². The van der Waals surface area contributed by atoms with Crippen LogP contribution in [0.15, 0.2) is 0 Å². The summed E-state index contributed by atoms with van der Waals surface area (Å²) in [6.45, 7) is 3.18. The highest BCUT2D eigenvalue weighted by Gasteiger charge is 2.48. The molecule has 0 fully saturated rings. The van der Waals surface area contributed by atoms with Gasteiger partial charge in [0.25, 0.3) is 0 Å². The molecule has 12 heteroatoms. The van der Waals surface area contributed by atoms with Crippen LogP contribution in [0.2, 0.25) is 0 Å². The van der Waals surface area contributed by atoms with Crippen LogP contribution in [0.25, 0.3) is 0 Å². The van der Waals surface area contributed by atoms with Gasteiger partial charge < -0.3 is 60.9 Å². The van der Waals surface area contributed by atoms with Crippen LogP contribution < -0.4 is 0 Å². The normalized spacial score (nSPS) is 17.6. The van der Waals surface area contributed by atoms with Crippen molar-refractivity contribution in [2.75, 3.05) is 13.2 Å². The lowest BCUT2D eigenvalue weighted by atomic mass is 9.79. The molecular weight excluding hydrogens is 444 g/mol. The van der Waals surface area contributed by atoms with Crippen molar-refractivity contribution in [3.05, 3.63) is 0 Å². The Kier molecular flexibility index (Phi) is 13.4. The van der Waals surface area contributed by atoms with E-state index in [9.17, 15) is 51.1 Å². The van der Waals surface area contributed by atoms with E-state index in [-0.39, 0.29) is 51.4 Å². The number of aliphatic hydroxyl groups excluding tert-OH is 5. The van der Waals surface area contributed by atoms with Gasteiger partial charge in [0, 0.05) is 19.3 Å². The zero-order chi connectivity index (χ0) is 26.1. The Morgan fingerprint density at radius 3 is 1.36 bits per heavy atom. The average molecular weight is 489 g/mol. The van der Waals surface area contributed by atoms with Crippen molar-refractivity contribution in [2.24, 2.45) is 0 Å². The molecule has 0 saturated heterocycles. The molecule has 4 atom stereocenters. The van der Waals surface area contributed by atoms with Crippen molar-refractivity contribution < 1.29 is 60.9 Å². The molecule has 12 nitrogen and oxygen atoms in total. The molecule has 33 heavy (non-hydrogen) atoms. The summed E-state index contributed by atoms with van der Waals surface area (Å²) in [5.74, 6) is -6.49. The lowest BCUT2D eigenvalue weighted by Gasteiger charge is -2.44. The van der Waals surface area contributed by atoms with Gasteiger partial charge in [0.15, 0.2) is 17.4 Å².